The van der Waals surface area contributed by atoms with E-state index in [4.69, 9.17) is 0 Å². The molecule has 1 aliphatic rings. The maximum atomic E-state index is 11.3. The van der Waals surface area contributed by atoms with E-state index < -0.39 is 0 Å². The first-order valence-electron chi connectivity index (χ1n) is 4.82. The zero-order chi connectivity index (χ0) is 8.97. The lowest BCUT2D eigenvalue weighted by atomic mass is 9.95. The highest BCUT2D eigenvalue weighted by Crippen LogP contribution is 2.16. The molecule has 0 aliphatic heterocycles. The lowest BCUT2D eigenvalue weighted by molar-refractivity contribution is -0.124. The number of rotatable bonds is 2. The van der Waals surface area contributed by atoms with E-state index in [0.29, 0.717) is 6.04 Å². The highest BCUT2D eigenvalue weighted by molar-refractivity contribution is 5.78. The third kappa shape index (κ3) is 2.84. The van der Waals surface area contributed by atoms with E-state index in [1.54, 1.807) is 0 Å². The van der Waals surface area contributed by atoms with Crippen LogP contribution >= 0.6 is 0 Å². The van der Waals surface area contributed by atoms with Crippen LogP contribution in [0.3, 0.4) is 0 Å². The molecule has 0 saturated heterocycles. The Morgan fingerprint density at radius 3 is 2.83 bits per heavy atom. The molecule has 1 aliphatic carbocycles. The molecular weight excluding hydrogens is 150 g/mol. The van der Waals surface area contributed by atoms with Crippen LogP contribution in [0.5, 0.6) is 0 Å². The average molecular weight is 168 g/mol. The van der Waals surface area contributed by atoms with Crippen molar-refractivity contribution in [1.82, 2.24) is 5.32 Å². The van der Waals surface area contributed by atoms with E-state index >= 15 is 0 Å². The van der Waals surface area contributed by atoms with Gasteiger partial charge in [0.15, 0.2) is 0 Å². The van der Waals surface area contributed by atoms with Crippen molar-refractivity contribution < 1.29 is 4.79 Å². The van der Waals surface area contributed by atoms with Gasteiger partial charge in [0.2, 0.25) is 5.91 Å². The van der Waals surface area contributed by atoms with E-state index in [2.05, 4.69) is 11.7 Å². The molecule has 69 valence electrons. The van der Waals surface area contributed by atoms with E-state index in [9.17, 15) is 4.79 Å². The Labute approximate surface area is 74.7 Å². The summed E-state index contributed by atoms with van der Waals surface area (Å²) in [6.45, 7) is 3.86. The molecule has 1 fully saturated rings. The molecule has 0 aromatic carbocycles. The first-order chi connectivity index (χ1) is 5.70. The second-order valence-corrected chi connectivity index (χ2v) is 3.82. The maximum Gasteiger partial charge on any atom is 0.222 e. The van der Waals surface area contributed by atoms with Gasteiger partial charge in [0, 0.05) is 12.0 Å². The van der Waals surface area contributed by atoms with Crippen LogP contribution in [0.2, 0.25) is 0 Å². The van der Waals surface area contributed by atoms with Gasteiger partial charge in [-0.25, -0.2) is 0 Å². The smallest absolute Gasteiger partial charge is 0.222 e. The molecule has 2 heteroatoms. The average Bonchev–Trinajstić information content (AvgIpc) is 2.06. The van der Waals surface area contributed by atoms with Gasteiger partial charge in [-0.2, -0.15) is 0 Å². The van der Waals surface area contributed by atoms with Crippen molar-refractivity contribution in [2.24, 2.45) is 5.92 Å². The molecule has 0 aromatic heterocycles. The van der Waals surface area contributed by atoms with Gasteiger partial charge < -0.3 is 5.32 Å². The Morgan fingerprint density at radius 1 is 1.58 bits per heavy atom. The standard InChI is InChI=1S/C10H18NO/c1-8(2)10(12)11-9-6-4-3-5-7-9/h4,8-9H,3,5-7H2,1-2H3,(H,11,12). The highest BCUT2D eigenvalue weighted by atomic mass is 16.1. The minimum atomic E-state index is 0.118. The van der Waals surface area contributed by atoms with E-state index in [1.165, 1.54) is 12.8 Å². The van der Waals surface area contributed by atoms with Gasteiger partial charge >= 0.3 is 0 Å². The van der Waals surface area contributed by atoms with Crippen molar-refractivity contribution >= 4 is 5.91 Å². The molecule has 0 spiro atoms. The van der Waals surface area contributed by atoms with Crippen molar-refractivity contribution in [1.29, 1.82) is 0 Å². The summed E-state index contributed by atoms with van der Waals surface area (Å²) in [5, 5.41) is 3.05. The zero-order valence-electron chi connectivity index (χ0n) is 7.97. The Kier molecular flexibility index (Phi) is 3.57. The maximum absolute atomic E-state index is 11.3. The normalized spacial score (nSPS) is 19.6. The number of amides is 1. The summed E-state index contributed by atoms with van der Waals surface area (Å²) in [5.74, 6) is 0.308. The van der Waals surface area contributed by atoms with Crippen LogP contribution in [0.4, 0.5) is 0 Å². The van der Waals surface area contributed by atoms with E-state index in [1.807, 2.05) is 13.8 Å². The van der Waals surface area contributed by atoms with Crippen molar-refractivity contribution in [2.45, 2.75) is 45.6 Å². The number of hydrogen-bond donors (Lipinski definition) is 1. The van der Waals surface area contributed by atoms with Gasteiger partial charge in [-0.05, 0) is 19.3 Å². The van der Waals surface area contributed by atoms with Crippen LogP contribution in [-0.2, 0) is 4.79 Å². The van der Waals surface area contributed by atoms with Crippen LogP contribution in [0.25, 0.3) is 0 Å². The summed E-state index contributed by atoms with van der Waals surface area (Å²) in [6.07, 6.45) is 6.92. The molecule has 12 heavy (non-hydrogen) atoms. The van der Waals surface area contributed by atoms with E-state index in [-0.39, 0.29) is 11.8 Å². The van der Waals surface area contributed by atoms with Crippen LogP contribution in [0.1, 0.15) is 39.5 Å². The zero-order valence-corrected chi connectivity index (χ0v) is 7.97. The Bertz CT molecular complexity index is 148. The molecule has 0 aromatic rings. The van der Waals surface area contributed by atoms with Crippen molar-refractivity contribution in [3.8, 4) is 0 Å². The fraction of sp³-hybridized carbons (Fsp3) is 0.800. The molecule has 1 unspecified atom stereocenters. The molecule has 1 radical (unpaired) electrons. The number of nitrogens with one attached hydrogen (secondary N) is 1. The Morgan fingerprint density at radius 2 is 2.33 bits per heavy atom. The minimum Gasteiger partial charge on any atom is -0.353 e. The van der Waals surface area contributed by atoms with Crippen LogP contribution in [0.15, 0.2) is 0 Å². The van der Waals surface area contributed by atoms with Crippen LogP contribution in [0, 0.1) is 12.3 Å². The SMILES string of the molecule is CC(C)C(=O)NC1C[CH]CCC1. The number of hydrogen-bond acceptors (Lipinski definition) is 1. The van der Waals surface area contributed by atoms with Gasteiger partial charge in [0.1, 0.15) is 0 Å². The van der Waals surface area contributed by atoms with Crippen LogP contribution in [-0.4, -0.2) is 11.9 Å². The molecule has 1 rings (SSSR count). The topological polar surface area (TPSA) is 29.1 Å². The first kappa shape index (κ1) is 9.56. The fourth-order valence-electron chi connectivity index (χ4n) is 1.44. The molecular formula is C10H18NO. The van der Waals surface area contributed by atoms with Crippen molar-refractivity contribution in [2.75, 3.05) is 0 Å². The van der Waals surface area contributed by atoms with Crippen LogP contribution < -0.4 is 5.32 Å². The minimum absolute atomic E-state index is 0.118. The lowest BCUT2D eigenvalue weighted by Gasteiger charge is -2.23. The molecule has 0 heterocycles. The summed E-state index contributed by atoms with van der Waals surface area (Å²) in [7, 11) is 0. The summed E-state index contributed by atoms with van der Waals surface area (Å²) in [4.78, 5) is 11.3. The molecule has 1 amide bonds. The molecule has 2 nitrogen and oxygen atoms in total. The summed E-state index contributed by atoms with van der Waals surface area (Å²) in [5.41, 5.74) is 0. The van der Waals surface area contributed by atoms with Gasteiger partial charge in [-0.15, -0.1) is 0 Å². The summed E-state index contributed by atoms with van der Waals surface area (Å²) in [6, 6.07) is 0.411. The fourth-order valence-corrected chi connectivity index (χ4v) is 1.44. The highest BCUT2D eigenvalue weighted by Gasteiger charge is 2.16. The van der Waals surface area contributed by atoms with Crippen molar-refractivity contribution in [3.63, 3.8) is 0 Å². The van der Waals surface area contributed by atoms with E-state index in [0.717, 1.165) is 12.8 Å². The second kappa shape index (κ2) is 4.48. The molecule has 0 bridgehead atoms. The largest absolute Gasteiger partial charge is 0.353 e. The molecule has 1 atom stereocenters. The monoisotopic (exact) mass is 168 g/mol. The third-order valence-corrected chi connectivity index (χ3v) is 2.28. The van der Waals surface area contributed by atoms with Gasteiger partial charge in [-0.3, -0.25) is 4.79 Å². The number of carbonyl (C=O) groups is 1. The quantitative estimate of drug-likeness (QED) is 0.670. The van der Waals surface area contributed by atoms with Gasteiger partial charge in [-0.1, -0.05) is 26.7 Å². The predicted molar refractivity (Wildman–Crippen MR) is 49.5 cm³/mol. The molecule has 1 saturated carbocycles. The summed E-state index contributed by atoms with van der Waals surface area (Å²) >= 11 is 0. The van der Waals surface area contributed by atoms with Crippen molar-refractivity contribution in [3.05, 3.63) is 6.42 Å². The Hall–Kier alpha value is -0.530. The first-order valence-corrected chi connectivity index (χ1v) is 4.82. The predicted octanol–water partition coefficient (Wildman–Crippen LogP) is 1.91. The molecule has 1 N–H and O–H groups in total. The summed E-state index contributed by atoms with van der Waals surface area (Å²) < 4.78 is 0. The van der Waals surface area contributed by atoms with Gasteiger partial charge in [0.25, 0.3) is 0 Å². The lowest BCUT2D eigenvalue weighted by Crippen LogP contribution is -2.38. The second-order valence-electron chi connectivity index (χ2n) is 3.82. The van der Waals surface area contributed by atoms with Gasteiger partial charge in [0.05, 0.1) is 0 Å². The number of carbonyl (C=O) groups excluding carboxylic acids is 1. The Balaban J connectivity index is 2.24. The third-order valence-electron chi connectivity index (χ3n) is 2.28.